The molecule has 1 saturated heterocycles. The molecule has 34 heavy (non-hydrogen) atoms. The number of ether oxygens (including phenoxy) is 2. The van der Waals surface area contributed by atoms with E-state index in [0.29, 0.717) is 13.2 Å². The molecule has 178 valence electrons. The van der Waals surface area contributed by atoms with Crippen LogP contribution in [-0.4, -0.2) is 46.4 Å². The zero-order chi connectivity index (χ0) is 23.9. The second-order valence-electron chi connectivity index (χ2n) is 8.94. The fourth-order valence-electron chi connectivity index (χ4n) is 4.29. The minimum absolute atomic E-state index is 0.0946. The highest BCUT2D eigenvalue weighted by Crippen LogP contribution is 2.31. The number of hydrogen-bond acceptors (Lipinski definition) is 5. The Balaban J connectivity index is 1.53. The van der Waals surface area contributed by atoms with Crippen LogP contribution >= 0.6 is 0 Å². The number of rotatable bonds is 8. The van der Waals surface area contributed by atoms with Gasteiger partial charge < -0.3 is 14.4 Å². The number of hydrogen-bond donors (Lipinski definition) is 0. The fourth-order valence-corrected chi connectivity index (χ4v) is 4.29. The van der Waals surface area contributed by atoms with Crippen molar-refractivity contribution in [2.24, 2.45) is 0 Å². The summed E-state index contributed by atoms with van der Waals surface area (Å²) in [4.78, 5) is 20.7. The average molecular weight is 460 g/mol. The maximum atomic E-state index is 12.2. The van der Waals surface area contributed by atoms with Crippen molar-refractivity contribution in [3.05, 3.63) is 89.7 Å². The monoisotopic (exact) mass is 459 g/mol. The van der Waals surface area contributed by atoms with Gasteiger partial charge in [0.05, 0.1) is 12.1 Å². The van der Waals surface area contributed by atoms with Gasteiger partial charge in [0.1, 0.15) is 18.1 Å². The van der Waals surface area contributed by atoms with Crippen LogP contribution in [0.3, 0.4) is 0 Å². The molecule has 1 amide bonds. The lowest BCUT2D eigenvalue weighted by molar-refractivity contribution is -0.132. The summed E-state index contributed by atoms with van der Waals surface area (Å²) in [5, 5.41) is 0. The topological polar surface area (TPSA) is 54.9 Å². The van der Waals surface area contributed by atoms with Gasteiger partial charge in [-0.15, -0.1) is 0 Å². The van der Waals surface area contributed by atoms with Crippen LogP contribution in [0.1, 0.15) is 43.5 Å². The molecule has 2 aromatic carbocycles. The predicted molar refractivity (Wildman–Crippen MR) is 133 cm³/mol. The van der Waals surface area contributed by atoms with E-state index in [2.05, 4.69) is 28.1 Å². The predicted octanol–water partition coefficient (Wildman–Crippen LogP) is 4.85. The van der Waals surface area contributed by atoms with Crippen molar-refractivity contribution in [1.82, 2.24) is 14.8 Å². The number of pyridine rings is 1. The molecule has 0 unspecified atom stereocenters. The van der Waals surface area contributed by atoms with Crippen molar-refractivity contribution in [3.63, 3.8) is 0 Å². The van der Waals surface area contributed by atoms with Gasteiger partial charge >= 0.3 is 0 Å². The summed E-state index contributed by atoms with van der Waals surface area (Å²) in [7, 11) is 0. The molecule has 3 aromatic rings. The lowest BCUT2D eigenvalue weighted by Crippen LogP contribution is -2.49. The average Bonchev–Trinajstić information content (AvgIpc) is 2.84. The van der Waals surface area contributed by atoms with Crippen molar-refractivity contribution in [2.45, 2.75) is 46.1 Å². The first-order valence-electron chi connectivity index (χ1n) is 11.9. The fraction of sp³-hybridized carbons (Fsp3) is 0.357. The summed E-state index contributed by atoms with van der Waals surface area (Å²) in [6.07, 6.45) is 3.72. The number of amides is 1. The molecule has 0 radical (unpaired) electrons. The lowest BCUT2D eigenvalue weighted by Gasteiger charge is -2.41. The smallest absolute Gasteiger partial charge is 0.219 e. The highest BCUT2D eigenvalue weighted by atomic mass is 16.5. The van der Waals surface area contributed by atoms with E-state index in [0.717, 1.165) is 42.3 Å². The second kappa shape index (κ2) is 11.2. The Bertz CT molecular complexity index is 1070. The molecule has 0 N–H and O–H groups in total. The highest BCUT2D eigenvalue weighted by molar-refractivity contribution is 5.73. The number of benzene rings is 2. The molecule has 0 aliphatic carbocycles. The Morgan fingerprint density at radius 1 is 1.06 bits per heavy atom. The molecular weight excluding hydrogens is 426 g/mol. The highest BCUT2D eigenvalue weighted by Gasteiger charge is 2.30. The maximum Gasteiger partial charge on any atom is 0.219 e. The molecule has 1 aromatic heterocycles. The molecule has 1 aliphatic rings. The second-order valence-corrected chi connectivity index (χ2v) is 8.94. The SMILES string of the molecule is CC(=O)N1CCN(Cc2ccccc2OCc2cccnc2)[C@@H](c2ccc(OC(C)C)cc2)C1. The van der Waals surface area contributed by atoms with Crippen LogP contribution in [0, 0.1) is 0 Å². The first-order valence-corrected chi connectivity index (χ1v) is 11.9. The molecule has 6 nitrogen and oxygen atoms in total. The number of para-hydroxylation sites is 1. The van der Waals surface area contributed by atoms with Gasteiger partial charge in [-0.2, -0.15) is 0 Å². The minimum Gasteiger partial charge on any atom is -0.491 e. The zero-order valence-corrected chi connectivity index (χ0v) is 20.2. The van der Waals surface area contributed by atoms with E-state index in [4.69, 9.17) is 9.47 Å². The summed E-state index contributed by atoms with van der Waals surface area (Å²) in [5.74, 6) is 1.85. The van der Waals surface area contributed by atoms with Gasteiger partial charge in [0, 0.05) is 56.6 Å². The van der Waals surface area contributed by atoms with Crippen LogP contribution in [0.15, 0.2) is 73.1 Å². The quantitative estimate of drug-likeness (QED) is 0.482. The van der Waals surface area contributed by atoms with Gasteiger partial charge in [-0.05, 0) is 43.7 Å². The van der Waals surface area contributed by atoms with Crippen LogP contribution in [0.25, 0.3) is 0 Å². The largest absolute Gasteiger partial charge is 0.491 e. The number of nitrogens with zero attached hydrogens (tertiary/aromatic N) is 3. The van der Waals surface area contributed by atoms with Crippen molar-refractivity contribution in [2.75, 3.05) is 19.6 Å². The first kappa shape index (κ1) is 23.8. The molecule has 4 rings (SSSR count). The zero-order valence-electron chi connectivity index (χ0n) is 20.2. The number of carbonyl (C=O) groups excluding carboxylic acids is 1. The Hall–Kier alpha value is -3.38. The molecule has 6 heteroatoms. The summed E-state index contributed by atoms with van der Waals surface area (Å²) >= 11 is 0. The molecule has 0 bridgehead atoms. The molecule has 1 aliphatic heterocycles. The van der Waals surface area contributed by atoms with E-state index < -0.39 is 0 Å². The normalized spacial score (nSPS) is 16.5. The molecule has 0 saturated carbocycles. The van der Waals surface area contributed by atoms with E-state index in [9.17, 15) is 4.79 Å². The van der Waals surface area contributed by atoms with Crippen LogP contribution in [0.5, 0.6) is 11.5 Å². The van der Waals surface area contributed by atoms with Crippen LogP contribution < -0.4 is 9.47 Å². The Morgan fingerprint density at radius 2 is 1.85 bits per heavy atom. The van der Waals surface area contributed by atoms with Crippen molar-refractivity contribution < 1.29 is 14.3 Å². The summed E-state index contributed by atoms with van der Waals surface area (Å²) in [5.41, 5.74) is 3.34. The van der Waals surface area contributed by atoms with Gasteiger partial charge in [0.25, 0.3) is 0 Å². The van der Waals surface area contributed by atoms with E-state index in [1.807, 2.05) is 67.4 Å². The van der Waals surface area contributed by atoms with Crippen LogP contribution in [0.4, 0.5) is 0 Å². The van der Waals surface area contributed by atoms with Crippen molar-refractivity contribution in [3.8, 4) is 11.5 Å². The maximum absolute atomic E-state index is 12.2. The minimum atomic E-state index is 0.0946. The van der Waals surface area contributed by atoms with Crippen LogP contribution in [-0.2, 0) is 17.9 Å². The van der Waals surface area contributed by atoms with E-state index >= 15 is 0 Å². The van der Waals surface area contributed by atoms with E-state index in [-0.39, 0.29) is 18.1 Å². The Kier molecular flexibility index (Phi) is 7.80. The summed E-state index contributed by atoms with van der Waals surface area (Å²) in [6.45, 7) is 9.09. The molecule has 2 heterocycles. The van der Waals surface area contributed by atoms with Crippen molar-refractivity contribution >= 4 is 5.91 Å². The Labute approximate surface area is 202 Å². The molecule has 1 fully saturated rings. The van der Waals surface area contributed by atoms with Gasteiger partial charge in [-0.1, -0.05) is 36.4 Å². The van der Waals surface area contributed by atoms with Gasteiger partial charge in [-0.3, -0.25) is 14.7 Å². The molecule has 1 atom stereocenters. The van der Waals surface area contributed by atoms with E-state index in [1.54, 1.807) is 13.1 Å². The third-order valence-electron chi connectivity index (χ3n) is 6.04. The third kappa shape index (κ3) is 6.14. The standard InChI is InChI=1S/C28H33N3O3/c1-21(2)34-26-12-10-24(11-13-26)27-19-30(22(3)32)15-16-31(27)18-25-8-4-5-9-28(25)33-20-23-7-6-14-29-17-23/h4-14,17,21,27H,15-16,18-20H2,1-3H3/t27-/m1/s1. The Morgan fingerprint density at radius 3 is 2.56 bits per heavy atom. The number of carbonyl (C=O) groups is 1. The summed E-state index contributed by atoms with van der Waals surface area (Å²) in [6, 6.07) is 20.5. The van der Waals surface area contributed by atoms with Crippen molar-refractivity contribution in [1.29, 1.82) is 0 Å². The van der Waals surface area contributed by atoms with E-state index in [1.165, 1.54) is 5.56 Å². The van der Waals surface area contributed by atoms with Gasteiger partial charge in [-0.25, -0.2) is 0 Å². The third-order valence-corrected chi connectivity index (χ3v) is 6.04. The number of aromatic nitrogens is 1. The molecule has 0 spiro atoms. The first-order chi connectivity index (χ1) is 16.5. The number of piperazine rings is 1. The molecular formula is C28H33N3O3. The lowest BCUT2D eigenvalue weighted by atomic mass is 10.0. The van der Waals surface area contributed by atoms with Gasteiger partial charge in [0.2, 0.25) is 5.91 Å². The van der Waals surface area contributed by atoms with Gasteiger partial charge in [0.15, 0.2) is 0 Å². The summed E-state index contributed by atoms with van der Waals surface area (Å²) < 4.78 is 12.0. The van der Waals surface area contributed by atoms with Crippen LogP contribution in [0.2, 0.25) is 0 Å².